The van der Waals surface area contributed by atoms with Gasteiger partial charge in [0.25, 0.3) is 0 Å². The van der Waals surface area contributed by atoms with E-state index in [9.17, 15) is 4.79 Å². The zero-order chi connectivity index (χ0) is 26.2. The maximum absolute atomic E-state index is 15.2. The predicted molar refractivity (Wildman–Crippen MR) is 139 cm³/mol. The molecular weight excluding hydrogens is 491 g/mol. The molecular formula is C27H33FN6O4. The smallest absolute Gasteiger partial charge is 0.409 e. The minimum atomic E-state index is -0.355. The number of aromatic nitrogens is 3. The highest BCUT2D eigenvalue weighted by Crippen LogP contribution is 2.43. The number of ether oxygens (including phenoxy) is 3. The van der Waals surface area contributed by atoms with Crippen LogP contribution in [0.25, 0.3) is 22.2 Å². The largest absolute Gasteiger partial charge is 0.491 e. The Balaban J connectivity index is 1.21. The van der Waals surface area contributed by atoms with Crippen molar-refractivity contribution >= 4 is 22.9 Å². The van der Waals surface area contributed by atoms with Crippen molar-refractivity contribution in [3.05, 3.63) is 36.5 Å². The Morgan fingerprint density at radius 1 is 1.16 bits per heavy atom. The van der Waals surface area contributed by atoms with Crippen LogP contribution < -0.4 is 10.5 Å². The van der Waals surface area contributed by atoms with Crippen molar-refractivity contribution in [2.45, 2.75) is 43.9 Å². The quantitative estimate of drug-likeness (QED) is 0.522. The molecule has 0 spiro atoms. The maximum Gasteiger partial charge on any atom is 0.409 e. The summed E-state index contributed by atoms with van der Waals surface area (Å²) in [7, 11) is 1.41. The van der Waals surface area contributed by atoms with E-state index in [1.807, 2.05) is 6.20 Å². The highest BCUT2D eigenvalue weighted by molar-refractivity contribution is 6.01. The van der Waals surface area contributed by atoms with E-state index in [4.69, 9.17) is 19.9 Å². The Hall–Kier alpha value is -3.44. The predicted octanol–water partition coefficient (Wildman–Crippen LogP) is 3.46. The first kappa shape index (κ1) is 24.9. The molecule has 202 valence electrons. The third-order valence-corrected chi connectivity index (χ3v) is 8.07. The lowest BCUT2D eigenvalue weighted by Crippen LogP contribution is -2.55. The first-order chi connectivity index (χ1) is 18.5. The van der Waals surface area contributed by atoms with Crippen LogP contribution in [0.5, 0.6) is 5.75 Å². The monoisotopic (exact) mass is 524 g/mol. The lowest BCUT2D eigenvalue weighted by atomic mass is 9.85. The molecule has 2 N–H and O–H groups in total. The standard InChI is InChI=1S/C27H33FN6O4/c1-36-27(35)33-8-6-32(7-9-33)17-11-18(12-17)34-14-22(24-25(29)30-16-31-26(24)34)21-13-19(4-5-23(21)28)38-15-20-3-2-10-37-20/h4-5,13-14,16-18,20H,2-3,6-12,15H2,1H3,(H2,29,30,31). The number of benzene rings is 1. The van der Waals surface area contributed by atoms with Gasteiger partial charge in [-0.15, -0.1) is 0 Å². The van der Waals surface area contributed by atoms with Gasteiger partial charge in [-0.25, -0.2) is 19.2 Å². The molecule has 3 aromatic rings. The summed E-state index contributed by atoms with van der Waals surface area (Å²) < 4.78 is 33.7. The molecule has 2 aliphatic heterocycles. The van der Waals surface area contributed by atoms with Crippen LogP contribution in [0.2, 0.25) is 0 Å². The lowest BCUT2D eigenvalue weighted by Gasteiger charge is -2.46. The molecule has 2 aromatic heterocycles. The summed E-state index contributed by atoms with van der Waals surface area (Å²) in [5, 5.41) is 0.651. The molecule has 6 rings (SSSR count). The third-order valence-electron chi connectivity index (χ3n) is 8.07. The number of rotatable bonds is 6. The van der Waals surface area contributed by atoms with Crippen LogP contribution >= 0.6 is 0 Å². The van der Waals surface area contributed by atoms with Gasteiger partial charge in [0.05, 0.1) is 18.6 Å². The Labute approximate surface area is 220 Å². The van der Waals surface area contributed by atoms with Gasteiger partial charge in [0.1, 0.15) is 36.0 Å². The average Bonchev–Trinajstić information content (AvgIpc) is 3.57. The van der Waals surface area contributed by atoms with E-state index < -0.39 is 0 Å². The molecule has 38 heavy (non-hydrogen) atoms. The second-order valence-corrected chi connectivity index (χ2v) is 10.3. The van der Waals surface area contributed by atoms with E-state index in [0.717, 1.165) is 45.4 Å². The number of nitrogens with two attached hydrogens (primary N) is 1. The summed E-state index contributed by atoms with van der Waals surface area (Å²) in [4.78, 5) is 24.7. The summed E-state index contributed by atoms with van der Waals surface area (Å²) >= 11 is 0. The number of carbonyl (C=O) groups is 1. The molecule has 4 heterocycles. The van der Waals surface area contributed by atoms with Crippen molar-refractivity contribution in [3.63, 3.8) is 0 Å². The Bertz CT molecular complexity index is 1310. The van der Waals surface area contributed by atoms with E-state index in [1.165, 1.54) is 19.5 Å². The molecule has 0 radical (unpaired) electrons. The summed E-state index contributed by atoms with van der Waals surface area (Å²) in [5.74, 6) is 0.554. The van der Waals surface area contributed by atoms with Gasteiger partial charge < -0.3 is 29.4 Å². The molecule has 1 aliphatic carbocycles. The first-order valence-electron chi connectivity index (χ1n) is 13.2. The molecule has 0 bridgehead atoms. The number of nitrogens with zero attached hydrogens (tertiary/aromatic N) is 5. The van der Waals surface area contributed by atoms with Crippen molar-refractivity contribution in [1.82, 2.24) is 24.3 Å². The van der Waals surface area contributed by atoms with E-state index in [1.54, 1.807) is 17.0 Å². The Kier molecular flexibility index (Phi) is 6.79. The van der Waals surface area contributed by atoms with Crippen molar-refractivity contribution in [1.29, 1.82) is 0 Å². The number of halogens is 1. The number of hydrogen-bond acceptors (Lipinski definition) is 8. The maximum atomic E-state index is 15.2. The van der Waals surface area contributed by atoms with Crippen molar-refractivity contribution < 1.29 is 23.4 Å². The second kappa shape index (κ2) is 10.4. The van der Waals surface area contributed by atoms with E-state index >= 15 is 4.39 Å². The minimum absolute atomic E-state index is 0.0736. The zero-order valence-electron chi connectivity index (χ0n) is 21.5. The normalized spacial score (nSPS) is 23.9. The highest BCUT2D eigenvalue weighted by Gasteiger charge is 2.38. The number of fused-ring (bicyclic) bond motifs is 1. The van der Waals surface area contributed by atoms with E-state index in [-0.39, 0.29) is 24.1 Å². The highest BCUT2D eigenvalue weighted by atomic mass is 19.1. The number of carbonyl (C=O) groups excluding carboxylic acids is 1. The molecule has 10 nitrogen and oxygen atoms in total. The number of amides is 1. The molecule has 1 aromatic carbocycles. The van der Waals surface area contributed by atoms with Crippen LogP contribution in [0.4, 0.5) is 15.0 Å². The zero-order valence-corrected chi connectivity index (χ0v) is 21.5. The third kappa shape index (κ3) is 4.64. The average molecular weight is 525 g/mol. The van der Waals surface area contributed by atoms with Gasteiger partial charge in [-0.05, 0) is 43.9 Å². The second-order valence-electron chi connectivity index (χ2n) is 10.3. The minimum Gasteiger partial charge on any atom is -0.491 e. The Morgan fingerprint density at radius 2 is 1.97 bits per heavy atom. The molecule has 3 aliphatic rings. The van der Waals surface area contributed by atoms with Gasteiger partial charge in [0.2, 0.25) is 0 Å². The van der Waals surface area contributed by atoms with Crippen molar-refractivity contribution in [2.24, 2.45) is 0 Å². The van der Waals surface area contributed by atoms with Crippen LogP contribution in [0.15, 0.2) is 30.7 Å². The van der Waals surface area contributed by atoms with E-state index in [2.05, 4.69) is 19.4 Å². The SMILES string of the molecule is COC(=O)N1CCN(C2CC(n3cc(-c4cc(OCC5CCCO5)ccc4F)c4c(N)ncnc43)C2)CC1. The van der Waals surface area contributed by atoms with Gasteiger partial charge in [-0.2, -0.15) is 0 Å². The first-order valence-corrected chi connectivity index (χ1v) is 13.2. The van der Waals surface area contributed by atoms with Gasteiger partial charge in [-0.3, -0.25) is 4.90 Å². The summed E-state index contributed by atoms with van der Waals surface area (Å²) in [5.41, 5.74) is 8.08. The summed E-state index contributed by atoms with van der Waals surface area (Å²) in [6.07, 6.45) is 7.10. The van der Waals surface area contributed by atoms with Crippen LogP contribution in [0.1, 0.15) is 31.7 Å². The van der Waals surface area contributed by atoms with Crippen molar-refractivity contribution in [2.75, 3.05) is 52.2 Å². The van der Waals surface area contributed by atoms with Gasteiger partial charge in [0.15, 0.2) is 0 Å². The molecule has 1 unspecified atom stereocenters. The molecule has 1 atom stereocenters. The molecule has 1 amide bonds. The fourth-order valence-corrected chi connectivity index (χ4v) is 5.84. The summed E-state index contributed by atoms with van der Waals surface area (Å²) in [6, 6.07) is 5.43. The number of nitrogen functional groups attached to an aromatic ring is 1. The summed E-state index contributed by atoms with van der Waals surface area (Å²) in [6.45, 7) is 4.17. The molecule has 11 heteroatoms. The van der Waals surface area contributed by atoms with Gasteiger partial charge in [0, 0.05) is 62.2 Å². The fraction of sp³-hybridized carbons (Fsp3) is 0.519. The van der Waals surface area contributed by atoms with Crippen LogP contribution in [0, 0.1) is 5.82 Å². The molecule has 3 fully saturated rings. The number of anilines is 1. The number of hydrogen-bond donors (Lipinski definition) is 1. The topological polar surface area (TPSA) is 108 Å². The van der Waals surface area contributed by atoms with Crippen LogP contribution in [0.3, 0.4) is 0 Å². The van der Waals surface area contributed by atoms with E-state index in [0.29, 0.717) is 59.5 Å². The van der Waals surface area contributed by atoms with Crippen molar-refractivity contribution in [3.8, 4) is 16.9 Å². The van der Waals surface area contributed by atoms with Crippen LogP contribution in [-0.2, 0) is 9.47 Å². The van der Waals surface area contributed by atoms with Gasteiger partial charge in [-0.1, -0.05) is 0 Å². The Morgan fingerprint density at radius 3 is 2.71 bits per heavy atom. The molecule has 1 saturated carbocycles. The fourth-order valence-electron chi connectivity index (χ4n) is 5.84. The van der Waals surface area contributed by atoms with Crippen LogP contribution in [-0.4, -0.2) is 89.1 Å². The number of piperazine rings is 1. The lowest BCUT2D eigenvalue weighted by molar-refractivity contribution is 0.0347. The number of methoxy groups -OCH3 is 1. The molecule has 2 saturated heterocycles. The van der Waals surface area contributed by atoms with Gasteiger partial charge >= 0.3 is 6.09 Å².